The minimum absolute atomic E-state index is 0.353. The van der Waals surface area contributed by atoms with Gasteiger partial charge in [-0.2, -0.15) is 9.13 Å². The maximum Gasteiger partial charge on any atom is 0.319 e. The smallest absolute Gasteiger partial charge is 0.319 e. The Labute approximate surface area is 127 Å². The zero-order chi connectivity index (χ0) is 15.4. The molecule has 0 saturated carbocycles. The predicted octanol–water partition coefficient (Wildman–Crippen LogP) is 0.420. The van der Waals surface area contributed by atoms with Crippen molar-refractivity contribution in [2.24, 2.45) is 0 Å². The Kier molecular flexibility index (Phi) is 3.91. The average molecular weight is 296 g/mol. The number of nitrogens with zero attached hydrogens (tertiary/aromatic N) is 4. The van der Waals surface area contributed by atoms with Crippen molar-refractivity contribution < 1.29 is 13.6 Å². The molecule has 3 aromatic rings. The van der Waals surface area contributed by atoms with Gasteiger partial charge in [0.15, 0.2) is 31.3 Å². The predicted molar refractivity (Wildman–Crippen MR) is 78.0 cm³/mol. The Morgan fingerprint density at radius 3 is 2.00 bits per heavy atom. The van der Waals surface area contributed by atoms with Gasteiger partial charge in [0.05, 0.1) is 10.6 Å². The quantitative estimate of drug-likeness (QED) is 0.655. The second-order valence-electron chi connectivity index (χ2n) is 4.99. The van der Waals surface area contributed by atoms with E-state index in [1.54, 1.807) is 0 Å². The standard InChI is InChI=1S/C16H16N4O2/c21-19-14-16(12-18-9-5-2-6-10-18)20(22)13-15(19)11-17-7-3-1-4-8-17/h1-10,13-14H,11-12H2/q+2. The van der Waals surface area contributed by atoms with Crippen LogP contribution in [0.15, 0.2) is 73.6 Å². The Bertz CT molecular complexity index is 817. The normalized spacial score (nSPS) is 10.5. The van der Waals surface area contributed by atoms with Gasteiger partial charge in [-0.15, -0.1) is 0 Å². The minimum atomic E-state index is 0.353. The molecule has 0 unspecified atom stereocenters. The molecule has 6 nitrogen and oxygen atoms in total. The van der Waals surface area contributed by atoms with Crippen LogP contribution in [0.2, 0.25) is 0 Å². The maximum absolute atomic E-state index is 12.1. The van der Waals surface area contributed by atoms with E-state index in [4.69, 9.17) is 0 Å². The van der Waals surface area contributed by atoms with Crippen LogP contribution in [0.1, 0.15) is 11.4 Å². The molecule has 0 radical (unpaired) electrons. The molecule has 0 spiro atoms. The van der Waals surface area contributed by atoms with Crippen LogP contribution in [0.25, 0.3) is 0 Å². The van der Waals surface area contributed by atoms with Gasteiger partial charge in [-0.1, -0.05) is 12.1 Å². The molecule has 0 aliphatic heterocycles. The Morgan fingerprint density at radius 2 is 1.41 bits per heavy atom. The summed E-state index contributed by atoms with van der Waals surface area (Å²) in [6.07, 6.45) is 10.1. The Hall–Kier alpha value is -3.02. The molecule has 0 atom stereocenters. The molecule has 0 bridgehead atoms. The second-order valence-corrected chi connectivity index (χ2v) is 4.99. The van der Waals surface area contributed by atoms with Crippen LogP contribution < -0.4 is 13.6 Å². The van der Waals surface area contributed by atoms with E-state index in [0.29, 0.717) is 24.5 Å². The van der Waals surface area contributed by atoms with Crippen molar-refractivity contribution in [3.8, 4) is 0 Å². The average Bonchev–Trinajstić information content (AvgIpc) is 2.54. The van der Waals surface area contributed by atoms with Crippen LogP contribution in [-0.2, 0) is 13.1 Å². The fourth-order valence-corrected chi connectivity index (χ4v) is 2.22. The van der Waals surface area contributed by atoms with Crippen LogP contribution in [0.4, 0.5) is 0 Å². The van der Waals surface area contributed by atoms with E-state index in [-0.39, 0.29) is 0 Å². The summed E-state index contributed by atoms with van der Waals surface area (Å²) < 4.78 is 5.20. The highest BCUT2D eigenvalue weighted by atomic mass is 16.5. The van der Waals surface area contributed by atoms with Crippen LogP contribution in [0.5, 0.6) is 0 Å². The fraction of sp³-hybridized carbons (Fsp3) is 0.125. The first-order valence-corrected chi connectivity index (χ1v) is 6.95. The van der Waals surface area contributed by atoms with Crippen LogP contribution in [0, 0.1) is 10.1 Å². The number of pyridine rings is 2. The highest BCUT2D eigenvalue weighted by molar-refractivity contribution is 5.00. The molecular weight excluding hydrogens is 280 g/mol. The molecule has 0 fully saturated rings. The minimum Gasteiger partial charge on any atom is -0.805 e. The molecule has 3 heterocycles. The van der Waals surface area contributed by atoms with Crippen molar-refractivity contribution in [1.82, 2.24) is 4.73 Å². The molecule has 0 amide bonds. The Morgan fingerprint density at radius 1 is 0.864 bits per heavy atom. The lowest BCUT2D eigenvalue weighted by atomic mass is 10.3. The van der Waals surface area contributed by atoms with Crippen molar-refractivity contribution >= 4 is 0 Å². The summed E-state index contributed by atoms with van der Waals surface area (Å²) in [7, 11) is 0. The van der Waals surface area contributed by atoms with Gasteiger partial charge >= 0.3 is 5.69 Å². The maximum atomic E-state index is 12.1. The molecule has 22 heavy (non-hydrogen) atoms. The molecule has 0 N–H and O–H groups in total. The second kappa shape index (κ2) is 6.17. The number of hydrogen-bond acceptors (Lipinski definition) is 2. The molecule has 110 valence electrons. The summed E-state index contributed by atoms with van der Waals surface area (Å²) in [5, 5.41) is 12.1. The van der Waals surface area contributed by atoms with Crippen molar-refractivity contribution in [3.05, 3.63) is 95.1 Å². The number of aromatic nitrogens is 4. The van der Waals surface area contributed by atoms with E-state index in [1.807, 2.05) is 70.3 Å². The molecule has 0 saturated heterocycles. The number of rotatable bonds is 4. The van der Waals surface area contributed by atoms with Crippen molar-refractivity contribution in [2.45, 2.75) is 13.1 Å². The van der Waals surface area contributed by atoms with E-state index < -0.39 is 0 Å². The molecule has 0 aromatic carbocycles. The van der Waals surface area contributed by atoms with Gasteiger partial charge in [0, 0.05) is 29.2 Å². The van der Waals surface area contributed by atoms with Crippen LogP contribution in [-0.4, -0.2) is 4.73 Å². The van der Waals surface area contributed by atoms with Gasteiger partial charge < -0.3 is 9.94 Å². The van der Waals surface area contributed by atoms with E-state index >= 15 is 0 Å². The zero-order valence-corrected chi connectivity index (χ0v) is 11.9. The molecule has 0 aliphatic carbocycles. The highest BCUT2D eigenvalue weighted by Crippen LogP contribution is 1.98. The molecule has 6 heteroatoms. The van der Waals surface area contributed by atoms with Gasteiger partial charge in [-0.25, -0.2) is 0 Å². The summed E-state index contributed by atoms with van der Waals surface area (Å²) in [5.41, 5.74) is 0.793. The molecule has 3 aromatic heterocycles. The third kappa shape index (κ3) is 3.17. The summed E-state index contributed by atoms with van der Waals surface area (Å²) in [6, 6.07) is 11.3. The van der Waals surface area contributed by atoms with Gasteiger partial charge in [0.25, 0.3) is 6.20 Å². The third-order valence-corrected chi connectivity index (χ3v) is 3.34. The lowest BCUT2D eigenvalue weighted by molar-refractivity contribution is -0.705. The van der Waals surface area contributed by atoms with E-state index in [9.17, 15) is 10.1 Å². The lowest BCUT2D eigenvalue weighted by Crippen LogP contribution is -2.40. The van der Waals surface area contributed by atoms with E-state index in [0.717, 1.165) is 9.16 Å². The summed E-state index contributed by atoms with van der Waals surface area (Å²) >= 11 is 0. The van der Waals surface area contributed by atoms with Crippen molar-refractivity contribution in [1.29, 1.82) is 0 Å². The third-order valence-electron chi connectivity index (χ3n) is 3.34. The fourth-order valence-electron chi connectivity index (χ4n) is 2.22. The first kappa shape index (κ1) is 13.9. The van der Waals surface area contributed by atoms with Crippen molar-refractivity contribution in [3.63, 3.8) is 0 Å². The number of hydrogen-bond donors (Lipinski definition) is 0. The van der Waals surface area contributed by atoms with Gasteiger partial charge in [-0.3, -0.25) is 0 Å². The van der Waals surface area contributed by atoms with Gasteiger partial charge in [0.1, 0.15) is 5.69 Å². The van der Waals surface area contributed by atoms with Crippen LogP contribution in [0.3, 0.4) is 0 Å². The molecular formula is C16H16N4O2+2. The topological polar surface area (TPSA) is 58.7 Å². The molecule has 0 aliphatic rings. The zero-order valence-electron chi connectivity index (χ0n) is 11.9. The largest absolute Gasteiger partial charge is 0.805 e. The van der Waals surface area contributed by atoms with Crippen molar-refractivity contribution in [2.75, 3.05) is 0 Å². The van der Waals surface area contributed by atoms with Gasteiger partial charge in [-0.05, 0) is 0 Å². The van der Waals surface area contributed by atoms with E-state index in [2.05, 4.69) is 0 Å². The first-order chi connectivity index (χ1) is 10.7. The van der Waals surface area contributed by atoms with Crippen LogP contribution >= 0.6 is 0 Å². The summed E-state index contributed by atoms with van der Waals surface area (Å²) in [6.45, 7) is 0.705. The van der Waals surface area contributed by atoms with Gasteiger partial charge in [0.2, 0.25) is 6.54 Å². The Balaban J connectivity index is 1.87. The lowest BCUT2D eigenvalue weighted by Gasteiger charge is -2.11. The highest BCUT2D eigenvalue weighted by Gasteiger charge is 2.17. The monoisotopic (exact) mass is 296 g/mol. The SMILES string of the molecule is O=[n+]1cc(C[n+]2ccccc2)n([O-])cc1C[n+]1ccccc1. The van der Waals surface area contributed by atoms with E-state index in [1.165, 1.54) is 12.4 Å². The first-order valence-electron chi connectivity index (χ1n) is 6.95. The summed E-state index contributed by atoms with van der Waals surface area (Å²) in [5.74, 6) is 0. The molecule has 3 rings (SSSR count). The summed E-state index contributed by atoms with van der Waals surface area (Å²) in [4.78, 5) is 12.1.